The van der Waals surface area contributed by atoms with E-state index >= 15 is 0 Å². The van der Waals surface area contributed by atoms with Crippen LogP contribution < -0.4 is 10.6 Å². The molecule has 2 rings (SSSR count). The summed E-state index contributed by atoms with van der Waals surface area (Å²) in [5.74, 6) is 0. The van der Waals surface area contributed by atoms with Crippen LogP contribution >= 0.6 is 7.82 Å². The Bertz CT molecular complexity index is 647. The lowest BCUT2D eigenvalue weighted by Crippen LogP contribution is -2.44. The Kier molecular flexibility index (Phi) is 11.0. The standard InChI is InChI=1S/C9H19N2O10PS2.C4H10/c1-17-22(12,20-23(13,14)8-6-10-2-4-18-8)21-24(15,16)9-7-11-3-5-19-9;1-3-4-2/h8-11H,2-7H2,1H3;3-4H2,1-2H3. The number of hydrogen-bond donors (Lipinski definition) is 2. The Morgan fingerprint density at radius 3 is 1.54 bits per heavy atom. The van der Waals surface area contributed by atoms with E-state index < -0.39 is 38.9 Å². The van der Waals surface area contributed by atoms with Gasteiger partial charge in [0, 0.05) is 33.3 Å². The molecule has 0 amide bonds. The van der Waals surface area contributed by atoms with Crippen LogP contribution in [-0.4, -0.2) is 74.2 Å². The highest BCUT2D eigenvalue weighted by Gasteiger charge is 2.45. The third kappa shape index (κ3) is 8.30. The summed E-state index contributed by atoms with van der Waals surface area (Å²) in [4.78, 5) is 0. The Balaban J connectivity index is 0.000000892. The van der Waals surface area contributed by atoms with Crippen LogP contribution in [-0.2, 0) is 46.7 Å². The van der Waals surface area contributed by atoms with Crippen molar-refractivity contribution in [2.24, 2.45) is 0 Å². The monoisotopic (exact) mass is 468 g/mol. The summed E-state index contributed by atoms with van der Waals surface area (Å²) in [6.07, 6.45) is 2.64. The van der Waals surface area contributed by atoms with Gasteiger partial charge in [-0.25, -0.2) is 4.57 Å². The number of rotatable bonds is 8. The van der Waals surface area contributed by atoms with Gasteiger partial charge in [0.1, 0.15) is 0 Å². The van der Waals surface area contributed by atoms with E-state index in [1.54, 1.807) is 0 Å². The van der Waals surface area contributed by atoms with Gasteiger partial charge >= 0.3 is 28.1 Å². The van der Waals surface area contributed by atoms with E-state index in [2.05, 4.69) is 36.9 Å². The lowest BCUT2D eigenvalue weighted by atomic mass is 10.4. The van der Waals surface area contributed by atoms with Gasteiger partial charge in [-0.15, -0.1) is 0 Å². The van der Waals surface area contributed by atoms with Crippen molar-refractivity contribution in [1.29, 1.82) is 0 Å². The van der Waals surface area contributed by atoms with Crippen LogP contribution in [0.4, 0.5) is 0 Å². The highest BCUT2D eigenvalue weighted by atomic mass is 32.2. The summed E-state index contributed by atoms with van der Waals surface area (Å²) in [5, 5.41) is 5.49. The van der Waals surface area contributed by atoms with Crippen molar-refractivity contribution >= 4 is 28.1 Å². The van der Waals surface area contributed by atoms with Crippen molar-refractivity contribution in [2.45, 2.75) is 37.6 Å². The summed E-state index contributed by atoms with van der Waals surface area (Å²) in [6, 6.07) is 0. The highest BCUT2D eigenvalue weighted by molar-refractivity contribution is 7.94. The molecule has 0 radical (unpaired) electrons. The van der Waals surface area contributed by atoms with Crippen molar-refractivity contribution in [1.82, 2.24) is 10.6 Å². The van der Waals surface area contributed by atoms with Gasteiger partial charge in [0.05, 0.1) is 13.2 Å². The fourth-order valence-electron chi connectivity index (χ4n) is 1.88. The maximum Gasteiger partial charge on any atom is 0.504 e. The minimum atomic E-state index is -4.97. The summed E-state index contributed by atoms with van der Waals surface area (Å²) < 4.78 is 83.8. The third-order valence-corrected chi connectivity index (χ3v) is 9.01. The molecule has 0 saturated carbocycles. The van der Waals surface area contributed by atoms with Crippen molar-refractivity contribution in [2.75, 3.05) is 46.5 Å². The molecule has 0 aromatic rings. The average molecular weight is 468 g/mol. The number of hydrogen-bond acceptors (Lipinski definition) is 12. The molecule has 2 saturated heterocycles. The first-order chi connectivity index (χ1) is 13.1. The topological polar surface area (TPSA) is 156 Å². The first kappa shape index (κ1) is 25.9. The number of nitrogens with one attached hydrogen (secondary N) is 2. The molecule has 0 aromatic heterocycles. The summed E-state index contributed by atoms with van der Waals surface area (Å²) in [6.45, 7) is 5.18. The van der Waals surface area contributed by atoms with Gasteiger partial charge in [0.2, 0.25) is 0 Å². The van der Waals surface area contributed by atoms with Crippen molar-refractivity contribution in [3.63, 3.8) is 0 Å². The molecule has 15 heteroatoms. The molecule has 0 spiro atoms. The minimum absolute atomic E-state index is 0.0886. The average Bonchev–Trinajstić information content (AvgIpc) is 2.68. The highest BCUT2D eigenvalue weighted by Crippen LogP contribution is 2.53. The van der Waals surface area contributed by atoms with E-state index in [0.29, 0.717) is 13.1 Å². The lowest BCUT2D eigenvalue weighted by molar-refractivity contribution is 0.0694. The molecular formula is C13H29N2O10PS2. The van der Waals surface area contributed by atoms with Crippen LogP contribution in [0, 0.1) is 0 Å². The van der Waals surface area contributed by atoms with Gasteiger partial charge in [-0.2, -0.15) is 24.8 Å². The molecule has 0 aromatic carbocycles. The van der Waals surface area contributed by atoms with E-state index in [0.717, 1.165) is 7.11 Å². The molecule has 168 valence electrons. The van der Waals surface area contributed by atoms with Crippen molar-refractivity contribution in [3.8, 4) is 0 Å². The largest absolute Gasteiger partial charge is 0.504 e. The summed E-state index contributed by atoms with van der Waals surface area (Å²) in [7, 11) is -13.3. The van der Waals surface area contributed by atoms with E-state index in [4.69, 9.17) is 9.47 Å². The van der Waals surface area contributed by atoms with E-state index in [-0.39, 0.29) is 26.3 Å². The molecule has 2 N–H and O–H groups in total. The molecule has 12 nitrogen and oxygen atoms in total. The Labute approximate surface area is 166 Å². The molecule has 0 aliphatic carbocycles. The van der Waals surface area contributed by atoms with Gasteiger partial charge in [0.25, 0.3) is 0 Å². The lowest BCUT2D eigenvalue weighted by Gasteiger charge is -2.26. The van der Waals surface area contributed by atoms with E-state index in [1.165, 1.54) is 12.8 Å². The van der Waals surface area contributed by atoms with Crippen LogP contribution in [0.25, 0.3) is 0 Å². The molecular weight excluding hydrogens is 439 g/mol. The normalized spacial score (nSPS) is 26.0. The Morgan fingerprint density at radius 1 is 0.893 bits per heavy atom. The van der Waals surface area contributed by atoms with E-state index in [9.17, 15) is 21.4 Å². The number of unbranched alkanes of at least 4 members (excludes halogenated alkanes) is 1. The van der Waals surface area contributed by atoms with Crippen LogP contribution in [0.5, 0.6) is 0 Å². The number of ether oxygens (including phenoxy) is 2. The summed E-state index contributed by atoms with van der Waals surface area (Å²) >= 11 is 0. The minimum Gasteiger partial charge on any atom is -0.357 e. The van der Waals surface area contributed by atoms with Gasteiger partial charge in [-0.3, -0.25) is 4.52 Å². The van der Waals surface area contributed by atoms with Gasteiger partial charge in [-0.05, 0) is 0 Å². The van der Waals surface area contributed by atoms with E-state index in [1.807, 2.05) is 0 Å². The second-order valence-corrected chi connectivity index (χ2v) is 11.2. The molecule has 2 aliphatic heterocycles. The maximum absolute atomic E-state index is 12.3. The van der Waals surface area contributed by atoms with Gasteiger partial charge in [-0.1, -0.05) is 26.7 Å². The second-order valence-electron chi connectivity index (χ2n) is 5.77. The summed E-state index contributed by atoms with van der Waals surface area (Å²) in [5.41, 5.74) is -2.93. The maximum atomic E-state index is 12.3. The van der Waals surface area contributed by atoms with Gasteiger partial charge in [0.15, 0.2) is 10.9 Å². The SMILES string of the molecule is CCCC.COP(=O)(OS(=O)(=O)C1CNCCO1)OS(=O)(=O)C1CNCCO1. The zero-order chi connectivity index (χ0) is 21.3. The molecule has 2 aliphatic rings. The first-order valence-corrected chi connectivity index (χ1v) is 13.2. The smallest absolute Gasteiger partial charge is 0.357 e. The van der Waals surface area contributed by atoms with Crippen molar-refractivity contribution in [3.05, 3.63) is 0 Å². The Hall–Kier alpha value is -0.150. The van der Waals surface area contributed by atoms with Gasteiger partial charge < -0.3 is 20.1 Å². The van der Waals surface area contributed by atoms with Crippen LogP contribution in [0.15, 0.2) is 0 Å². The molecule has 2 fully saturated rings. The molecule has 28 heavy (non-hydrogen) atoms. The predicted octanol–water partition coefficient (Wildman–Crippen LogP) is 0.132. The van der Waals surface area contributed by atoms with Crippen LogP contribution in [0.2, 0.25) is 0 Å². The van der Waals surface area contributed by atoms with Crippen LogP contribution in [0.3, 0.4) is 0 Å². The number of morpholine rings is 2. The van der Waals surface area contributed by atoms with Crippen molar-refractivity contribution < 1.29 is 43.3 Å². The molecule has 2 unspecified atom stereocenters. The quantitative estimate of drug-likeness (QED) is 0.465. The Morgan fingerprint density at radius 2 is 1.29 bits per heavy atom. The molecule has 2 atom stereocenters. The fourth-order valence-corrected chi connectivity index (χ4v) is 6.66. The zero-order valence-electron chi connectivity index (χ0n) is 16.2. The molecule has 0 bridgehead atoms. The predicted molar refractivity (Wildman–Crippen MR) is 100 cm³/mol. The first-order valence-electron chi connectivity index (χ1n) is 8.80. The fraction of sp³-hybridized carbons (Fsp3) is 1.00. The third-order valence-electron chi connectivity index (χ3n) is 3.55. The number of phosphoric acid groups is 1. The zero-order valence-corrected chi connectivity index (χ0v) is 18.7. The molecule has 2 heterocycles. The van der Waals surface area contributed by atoms with Crippen LogP contribution in [0.1, 0.15) is 26.7 Å². The second kappa shape index (κ2) is 11.9.